The van der Waals surface area contributed by atoms with Crippen LogP contribution in [0.5, 0.6) is 5.75 Å². The highest BCUT2D eigenvalue weighted by Gasteiger charge is 2.40. The number of benzene rings is 2. The first-order chi connectivity index (χ1) is 12.0. The van der Waals surface area contributed by atoms with Gasteiger partial charge in [0.2, 0.25) is 5.91 Å². The molecule has 0 aliphatic carbocycles. The van der Waals surface area contributed by atoms with Crippen LogP contribution in [0.25, 0.3) is 0 Å². The number of carbonyl (C=O) groups excluding carboxylic acids is 3. The molecule has 7 heteroatoms. The van der Waals surface area contributed by atoms with Gasteiger partial charge >= 0.3 is 0 Å². The summed E-state index contributed by atoms with van der Waals surface area (Å²) in [5.74, 6) is -1.57. The van der Waals surface area contributed by atoms with Crippen LogP contribution in [-0.2, 0) is 9.59 Å². The van der Waals surface area contributed by atoms with Gasteiger partial charge in [0.05, 0.1) is 25.2 Å². The van der Waals surface area contributed by atoms with Gasteiger partial charge in [-0.05, 0) is 29.8 Å². The molecule has 1 atom stereocenters. The fraction of sp³-hybridized carbons (Fsp3) is 0.167. The smallest absolute Gasteiger partial charge is 0.256 e. The molecule has 1 aliphatic rings. The minimum absolute atomic E-state index is 0.000874. The number of carbonyl (C=O) groups is 3. The minimum Gasteiger partial charge on any atom is -0.545 e. The average molecular weight is 339 g/mol. The predicted molar refractivity (Wildman–Crippen MR) is 88.3 cm³/mol. The van der Waals surface area contributed by atoms with Gasteiger partial charge in [0.25, 0.3) is 5.91 Å². The number of imide groups is 1. The normalized spacial score (nSPS) is 16.8. The van der Waals surface area contributed by atoms with Crippen LogP contribution in [0.3, 0.4) is 0 Å². The quantitative estimate of drug-likeness (QED) is 0.809. The van der Waals surface area contributed by atoms with E-state index in [0.717, 1.165) is 4.90 Å². The molecule has 2 aromatic carbocycles. The summed E-state index contributed by atoms with van der Waals surface area (Å²) in [6, 6.07) is 11.9. The Morgan fingerprint density at radius 3 is 2.48 bits per heavy atom. The maximum atomic E-state index is 12.6. The van der Waals surface area contributed by atoms with Crippen molar-refractivity contribution in [2.24, 2.45) is 0 Å². The summed E-state index contributed by atoms with van der Waals surface area (Å²) in [5, 5.41) is 13.7. The van der Waals surface area contributed by atoms with E-state index >= 15 is 0 Å². The van der Waals surface area contributed by atoms with Crippen LogP contribution >= 0.6 is 0 Å². The zero-order chi connectivity index (χ0) is 18.0. The second-order valence-corrected chi connectivity index (χ2v) is 5.51. The van der Waals surface area contributed by atoms with Gasteiger partial charge in [-0.2, -0.15) is 0 Å². The molecule has 3 rings (SSSR count). The van der Waals surface area contributed by atoms with E-state index in [1.54, 1.807) is 24.3 Å². The number of nitrogens with zero attached hydrogens (tertiary/aromatic N) is 1. The number of hydrogen-bond acceptors (Lipinski definition) is 6. The van der Waals surface area contributed by atoms with Crippen molar-refractivity contribution in [1.29, 1.82) is 0 Å². The summed E-state index contributed by atoms with van der Waals surface area (Å²) in [5.41, 5.74) is 0.977. The Hall–Kier alpha value is -3.35. The van der Waals surface area contributed by atoms with Crippen LogP contribution in [0.2, 0.25) is 0 Å². The van der Waals surface area contributed by atoms with Crippen molar-refractivity contribution in [2.75, 3.05) is 17.3 Å². The number of para-hydroxylation sites is 2. The Balaban J connectivity index is 1.80. The second-order valence-electron chi connectivity index (χ2n) is 5.51. The van der Waals surface area contributed by atoms with Crippen molar-refractivity contribution in [3.8, 4) is 5.75 Å². The molecule has 0 spiro atoms. The van der Waals surface area contributed by atoms with E-state index in [1.165, 1.54) is 31.4 Å². The van der Waals surface area contributed by atoms with E-state index in [2.05, 4.69) is 5.32 Å². The van der Waals surface area contributed by atoms with E-state index < -0.39 is 17.9 Å². The summed E-state index contributed by atoms with van der Waals surface area (Å²) in [6.45, 7) is 0. The third-order valence-electron chi connectivity index (χ3n) is 3.93. The number of methoxy groups -OCH3 is 1. The standard InChI is InChI=1S/C18H16N2O5/c1-25-15-5-3-2-4-14(15)20-16(21)10-13(17(20)22)19-12-8-6-11(7-9-12)18(23)24/h2-9,13,19H,10H2,1H3,(H,23,24)/p-1/t13-/m0/s1. The van der Waals surface area contributed by atoms with Crippen LogP contribution in [0, 0.1) is 0 Å². The number of rotatable bonds is 5. The summed E-state index contributed by atoms with van der Waals surface area (Å²) < 4.78 is 5.22. The number of carboxylic acid groups (broad SMARTS) is 1. The Kier molecular flexibility index (Phi) is 4.38. The molecular weight excluding hydrogens is 324 g/mol. The van der Waals surface area contributed by atoms with Gasteiger partial charge in [-0.25, -0.2) is 4.90 Å². The highest BCUT2D eigenvalue weighted by molar-refractivity contribution is 6.23. The van der Waals surface area contributed by atoms with Crippen molar-refractivity contribution in [2.45, 2.75) is 12.5 Å². The van der Waals surface area contributed by atoms with Crippen LogP contribution < -0.4 is 20.1 Å². The fourth-order valence-electron chi connectivity index (χ4n) is 2.72. The van der Waals surface area contributed by atoms with Crippen LogP contribution in [0.1, 0.15) is 16.8 Å². The molecule has 0 saturated carbocycles. The molecule has 1 heterocycles. The van der Waals surface area contributed by atoms with Crippen LogP contribution in [-0.4, -0.2) is 30.9 Å². The van der Waals surface area contributed by atoms with Gasteiger partial charge in [0.1, 0.15) is 11.8 Å². The van der Waals surface area contributed by atoms with E-state index in [-0.39, 0.29) is 17.9 Å². The third kappa shape index (κ3) is 3.16. The molecule has 2 aromatic rings. The lowest BCUT2D eigenvalue weighted by Crippen LogP contribution is -2.35. The zero-order valence-electron chi connectivity index (χ0n) is 13.4. The number of nitrogens with one attached hydrogen (secondary N) is 1. The lowest BCUT2D eigenvalue weighted by atomic mass is 10.2. The van der Waals surface area contributed by atoms with Crippen molar-refractivity contribution in [3.05, 3.63) is 54.1 Å². The lowest BCUT2D eigenvalue weighted by molar-refractivity contribution is -0.255. The van der Waals surface area contributed by atoms with Gasteiger partial charge in [0, 0.05) is 5.69 Å². The molecule has 7 nitrogen and oxygen atoms in total. The monoisotopic (exact) mass is 339 g/mol. The number of hydrogen-bond donors (Lipinski definition) is 1. The highest BCUT2D eigenvalue weighted by atomic mass is 16.5. The maximum Gasteiger partial charge on any atom is 0.256 e. The molecule has 1 fully saturated rings. The van der Waals surface area contributed by atoms with E-state index in [4.69, 9.17) is 4.74 Å². The minimum atomic E-state index is -1.28. The molecule has 1 saturated heterocycles. The second kappa shape index (κ2) is 6.64. The molecule has 0 radical (unpaired) electrons. The topological polar surface area (TPSA) is 98.8 Å². The Labute approximate surface area is 143 Å². The lowest BCUT2D eigenvalue weighted by Gasteiger charge is -2.18. The fourth-order valence-corrected chi connectivity index (χ4v) is 2.72. The summed E-state index contributed by atoms with van der Waals surface area (Å²) in [6.07, 6.45) is -0.000874. The van der Waals surface area contributed by atoms with Gasteiger partial charge in [-0.15, -0.1) is 0 Å². The Bertz CT molecular complexity index is 832. The number of anilines is 2. The Morgan fingerprint density at radius 2 is 1.84 bits per heavy atom. The summed E-state index contributed by atoms with van der Waals surface area (Å²) in [4.78, 5) is 36.8. The number of ether oxygens (including phenoxy) is 1. The molecule has 1 aliphatic heterocycles. The molecule has 2 amide bonds. The molecule has 0 bridgehead atoms. The number of carboxylic acids is 1. The van der Waals surface area contributed by atoms with Gasteiger partial charge in [-0.1, -0.05) is 24.3 Å². The van der Waals surface area contributed by atoms with Crippen molar-refractivity contribution < 1.29 is 24.2 Å². The van der Waals surface area contributed by atoms with Gasteiger partial charge in [0.15, 0.2) is 0 Å². The summed E-state index contributed by atoms with van der Waals surface area (Å²) in [7, 11) is 1.47. The molecule has 25 heavy (non-hydrogen) atoms. The highest BCUT2D eigenvalue weighted by Crippen LogP contribution is 2.32. The summed E-state index contributed by atoms with van der Waals surface area (Å²) >= 11 is 0. The van der Waals surface area contributed by atoms with Crippen molar-refractivity contribution in [3.63, 3.8) is 0 Å². The number of aromatic carboxylic acids is 1. The van der Waals surface area contributed by atoms with Crippen LogP contribution in [0.4, 0.5) is 11.4 Å². The molecule has 0 unspecified atom stereocenters. The first kappa shape index (κ1) is 16.5. The molecular formula is C18H15N2O5-. The Morgan fingerprint density at radius 1 is 1.16 bits per heavy atom. The SMILES string of the molecule is COc1ccccc1N1C(=O)C[C@H](Nc2ccc(C(=O)[O-])cc2)C1=O. The van der Waals surface area contributed by atoms with E-state index in [0.29, 0.717) is 17.1 Å². The van der Waals surface area contributed by atoms with Gasteiger partial charge in [-0.3, -0.25) is 9.59 Å². The van der Waals surface area contributed by atoms with Crippen molar-refractivity contribution >= 4 is 29.2 Å². The molecule has 128 valence electrons. The maximum absolute atomic E-state index is 12.6. The van der Waals surface area contributed by atoms with Crippen LogP contribution in [0.15, 0.2) is 48.5 Å². The van der Waals surface area contributed by atoms with E-state index in [1.807, 2.05) is 0 Å². The largest absolute Gasteiger partial charge is 0.545 e. The first-order valence-electron chi connectivity index (χ1n) is 7.59. The number of amides is 2. The predicted octanol–water partition coefficient (Wildman–Crippen LogP) is 0.803. The molecule has 1 N–H and O–H groups in total. The van der Waals surface area contributed by atoms with E-state index in [9.17, 15) is 19.5 Å². The van der Waals surface area contributed by atoms with Crippen molar-refractivity contribution in [1.82, 2.24) is 0 Å². The van der Waals surface area contributed by atoms with Gasteiger partial charge < -0.3 is 20.0 Å². The average Bonchev–Trinajstić information content (AvgIpc) is 2.89. The third-order valence-corrected chi connectivity index (χ3v) is 3.93. The first-order valence-corrected chi connectivity index (χ1v) is 7.59. The molecule has 0 aromatic heterocycles. The zero-order valence-corrected chi connectivity index (χ0v) is 13.4.